The Morgan fingerprint density at radius 3 is 2.78 bits per heavy atom. The number of carbonyl (C=O) groups is 1. The van der Waals surface area contributed by atoms with E-state index in [9.17, 15) is 17.6 Å². The third kappa shape index (κ3) is 5.05. The maximum Gasteiger partial charge on any atom is 0.242 e. The molecule has 1 aliphatic heterocycles. The van der Waals surface area contributed by atoms with Crippen molar-refractivity contribution in [1.82, 2.24) is 4.31 Å². The van der Waals surface area contributed by atoms with Crippen LogP contribution in [-0.4, -0.2) is 37.5 Å². The smallest absolute Gasteiger partial charge is 0.242 e. The number of halogens is 1. The van der Waals surface area contributed by atoms with Crippen LogP contribution in [0.5, 0.6) is 5.75 Å². The molecule has 144 valence electrons. The molecule has 27 heavy (non-hydrogen) atoms. The Kier molecular flexibility index (Phi) is 5.76. The van der Waals surface area contributed by atoms with E-state index in [0.29, 0.717) is 36.4 Å². The van der Waals surface area contributed by atoms with Crippen LogP contribution in [0.2, 0.25) is 0 Å². The molecule has 0 aromatic heterocycles. The number of rotatable bonds is 6. The van der Waals surface area contributed by atoms with Crippen molar-refractivity contribution in [1.29, 1.82) is 0 Å². The second kappa shape index (κ2) is 8.06. The zero-order chi connectivity index (χ0) is 19.4. The number of carbonyl (C=O) groups excluding carboxylic acids is 1. The van der Waals surface area contributed by atoms with Crippen molar-refractivity contribution < 1.29 is 22.3 Å². The van der Waals surface area contributed by atoms with Crippen molar-refractivity contribution in [2.24, 2.45) is 0 Å². The van der Waals surface area contributed by atoms with Gasteiger partial charge in [0.05, 0.1) is 6.26 Å². The first kappa shape index (κ1) is 19.3. The van der Waals surface area contributed by atoms with E-state index in [0.717, 1.165) is 6.26 Å². The highest BCUT2D eigenvalue weighted by atomic mass is 32.2. The molecule has 2 aromatic rings. The standard InChI is InChI=1S/C19H21FN2O4S/c1-27(24,25)22-10-4-9-18(22)19(23)21-16-7-3-8-17(12-16)26-13-14-5-2-6-15(20)11-14/h2-3,5-8,11-12,18H,4,9-10,13H2,1H3,(H,21,23)/t18-/m1/s1. The number of anilines is 1. The molecule has 3 rings (SSSR count). The summed E-state index contributed by atoms with van der Waals surface area (Å²) in [6, 6.07) is 12.2. The van der Waals surface area contributed by atoms with E-state index in [-0.39, 0.29) is 18.3 Å². The summed E-state index contributed by atoms with van der Waals surface area (Å²) < 4.78 is 43.7. The fourth-order valence-electron chi connectivity index (χ4n) is 3.08. The van der Waals surface area contributed by atoms with Crippen molar-refractivity contribution >= 4 is 21.6 Å². The third-order valence-electron chi connectivity index (χ3n) is 4.33. The molecular formula is C19H21FN2O4S. The number of nitrogens with one attached hydrogen (secondary N) is 1. The summed E-state index contributed by atoms with van der Waals surface area (Å²) in [5.41, 5.74) is 1.20. The van der Waals surface area contributed by atoms with Crippen molar-refractivity contribution in [2.45, 2.75) is 25.5 Å². The summed E-state index contributed by atoms with van der Waals surface area (Å²) in [5, 5.41) is 2.75. The van der Waals surface area contributed by atoms with Crippen LogP contribution in [0.3, 0.4) is 0 Å². The first-order chi connectivity index (χ1) is 12.8. The Morgan fingerprint density at radius 2 is 2.04 bits per heavy atom. The van der Waals surface area contributed by atoms with Crippen molar-refractivity contribution in [3.63, 3.8) is 0 Å². The molecule has 1 saturated heterocycles. The Morgan fingerprint density at radius 1 is 1.26 bits per heavy atom. The van der Waals surface area contributed by atoms with E-state index in [2.05, 4.69) is 5.32 Å². The molecule has 1 fully saturated rings. The predicted octanol–water partition coefficient (Wildman–Crippen LogP) is 2.77. The number of hydrogen-bond acceptors (Lipinski definition) is 4. The Bertz CT molecular complexity index is 933. The van der Waals surface area contributed by atoms with Crippen LogP contribution in [0.1, 0.15) is 18.4 Å². The van der Waals surface area contributed by atoms with Gasteiger partial charge in [0.25, 0.3) is 0 Å². The molecule has 1 N–H and O–H groups in total. The molecule has 2 aromatic carbocycles. The van der Waals surface area contributed by atoms with E-state index in [1.165, 1.54) is 16.4 Å². The molecule has 0 unspecified atom stereocenters. The Balaban J connectivity index is 1.64. The molecule has 0 radical (unpaired) electrons. The maximum absolute atomic E-state index is 13.2. The fraction of sp³-hybridized carbons (Fsp3) is 0.316. The molecule has 0 spiro atoms. The fourth-order valence-corrected chi connectivity index (χ4v) is 4.21. The van der Waals surface area contributed by atoms with Gasteiger partial charge in [0, 0.05) is 18.3 Å². The van der Waals surface area contributed by atoms with Crippen molar-refractivity contribution in [2.75, 3.05) is 18.1 Å². The molecule has 1 amide bonds. The van der Waals surface area contributed by atoms with Gasteiger partial charge >= 0.3 is 0 Å². The summed E-state index contributed by atoms with van der Waals surface area (Å²) >= 11 is 0. The quantitative estimate of drug-likeness (QED) is 0.820. The zero-order valence-corrected chi connectivity index (χ0v) is 15.7. The molecule has 8 heteroatoms. The minimum absolute atomic E-state index is 0.194. The van der Waals surface area contributed by atoms with Gasteiger partial charge in [0.1, 0.15) is 24.2 Å². The lowest BCUT2D eigenvalue weighted by atomic mass is 10.2. The summed E-state index contributed by atoms with van der Waals surface area (Å²) in [5.74, 6) is -0.173. The topological polar surface area (TPSA) is 75.7 Å². The number of amides is 1. The molecule has 0 bridgehead atoms. The van der Waals surface area contributed by atoms with Gasteiger partial charge in [-0.25, -0.2) is 12.8 Å². The van der Waals surface area contributed by atoms with Crippen LogP contribution in [-0.2, 0) is 21.4 Å². The first-order valence-corrected chi connectivity index (χ1v) is 10.4. The second-order valence-corrected chi connectivity index (χ2v) is 8.40. The summed E-state index contributed by atoms with van der Waals surface area (Å²) in [6.07, 6.45) is 2.26. The molecule has 1 aliphatic rings. The highest BCUT2D eigenvalue weighted by Gasteiger charge is 2.36. The van der Waals surface area contributed by atoms with E-state index >= 15 is 0 Å². The lowest BCUT2D eigenvalue weighted by Gasteiger charge is -2.21. The SMILES string of the molecule is CS(=O)(=O)N1CCC[C@@H]1C(=O)Nc1cccc(OCc2cccc(F)c2)c1. The highest BCUT2D eigenvalue weighted by Crippen LogP contribution is 2.23. The van der Waals surface area contributed by atoms with Gasteiger partial charge in [-0.3, -0.25) is 4.79 Å². The summed E-state index contributed by atoms with van der Waals surface area (Å²) in [6.45, 7) is 0.549. The van der Waals surface area contributed by atoms with E-state index < -0.39 is 16.1 Å². The van der Waals surface area contributed by atoms with Crippen LogP contribution in [0.25, 0.3) is 0 Å². The highest BCUT2D eigenvalue weighted by molar-refractivity contribution is 7.88. The number of benzene rings is 2. The lowest BCUT2D eigenvalue weighted by Crippen LogP contribution is -2.42. The zero-order valence-electron chi connectivity index (χ0n) is 14.9. The number of nitrogens with zero attached hydrogens (tertiary/aromatic N) is 1. The minimum Gasteiger partial charge on any atom is -0.489 e. The Labute approximate surface area is 158 Å². The average molecular weight is 392 g/mol. The van der Waals surface area contributed by atoms with Crippen LogP contribution in [0, 0.1) is 5.82 Å². The van der Waals surface area contributed by atoms with Gasteiger partial charge in [-0.05, 0) is 42.7 Å². The monoisotopic (exact) mass is 392 g/mol. The van der Waals surface area contributed by atoms with Crippen molar-refractivity contribution in [3.05, 3.63) is 59.9 Å². The maximum atomic E-state index is 13.2. The van der Waals surface area contributed by atoms with Crippen molar-refractivity contribution in [3.8, 4) is 5.75 Å². The molecule has 0 saturated carbocycles. The van der Waals surface area contributed by atoms with Crippen LogP contribution in [0.15, 0.2) is 48.5 Å². The van der Waals surface area contributed by atoms with Gasteiger partial charge < -0.3 is 10.1 Å². The van der Waals surface area contributed by atoms with Crippen LogP contribution >= 0.6 is 0 Å². The number of ether oxygens (including phenoxy) is 1. The lowest BCUT2D eigenvalue weighted by molar-refractivity contribution is -0.119. The molecular weight excluding hydrogens is 371 g/mol. The summed E-state index contributed by atoms with van der Waals surface area (Å²) in [7, 11) is -3.42. The molecule has 1 atom stereocenters. The molecule has 1 heterocycles. The first-order valence-electron chi connectivity index (χ1n) is 8.58. The van der Waals surface area contributed by atoms with Gasteiger partial charge in [0.15, 0.2) is 0 Å². The summed E-state index contributed by atoms with van der Waals surface area (Å²) in [4.78, 5) is 12.5. The van der Waals surface area contributed by atoms with E-state index in [1.54, 1.807) is 36.4 Å². The second-order valence-electron chi connectivity index (χ2n) is 6.47. The Hall–Kier alpha value is -2.45. The van der Waals surface area contributed by atoms with Gasteiger partial charge in [0.2, 0.25) is 15.9 Å². The molecule has 6 nitrogen and oxygen atoms in total. The number of sulfonamides is 1. The van der Waals surface area contributed by atoms with Gasteiger partial charge in [-0.15, -0.1) is 0 Å². The van der Waals surface area contributed by atoms with Crippen LogP contribution < -0.4 is 10.1 Å². The minimum atomic E-state index is -3.42. The van der Waals surface area contributed by atoms with E-state index in [1.807, 2.05) is 0 Å². The van der Waals surface area contributed by atoms with Gasteiger partial charge in [-0.1, -0.05) is 18.2 Å². The van der Waals surface area contributed by atoms with Crippen LogP contribution in [0.4, 0.5) is 10.1 Å². The normalized spacial score (nSPS) is 17.6. The predicted molar refractivity (Wildman–Crippen MR) is 100 cm³/mol. The number of hydrogen-bond donors (Lipinski definition) is 1. The third-order valence-corrected chi connectivity index (χ3v) is 5.62. The average Bonchev–Trinajstić information content (AvgIpc) is 3.11. The van der Waals surface area contributed by atoms with Gasteiger partial charge in [-0.2, -0.15) is 4.31 Å². The molecule has 0 aliphatic carbocycles. The largest absolute Gasteiger partial charge is 0.489 e. The van der Waals surface area contributed by atoms with E-state index in [4.69, 9.17) is 4.74 Å².